The van der Waals surface area contributed by atoms with Crippen LogP contribution in [0.2, 0.25) is 0 Å². The fourth-order valence-electron chi connectivity index (χ4n) is 1.70. The first-order valence-electron chi connectivity index (χ1n) is 6.77. The van der Waals surface area contributed by atoms with Crippen molar-refractivity contribution in [2.45, 2.75) is 0 Å². The first-order chi connectivity index (χ1) is 11.9. The molecule has 2 rings (SSSR count). The number of carbonyl (C=O) groups is 6. The summed E-state index contributed by atoms with van der Waals surface area (Å²) < 4.78 is 8.99. The zero-order valence-electron chi connectivity index (χ0n) is 12.6. The van der Waals surface area contributed by atoms with Gasteiger partial charge in [-0.05, 0) is 0 Å². The third-order valence-electron chi connectivity index (χ3n) is 2.94. The van der Waals surface area contributed by atoms with E-state index in [1.165, 1.54) is 0 Å². The molecule has 6 amide bonds. The summed E-state index contributed by atoms with van der Waals surface area (Å²) in [5.41, 5.74) is 0. The SMILES string of the molecule is O=C(NCN1C(=O)C=CC1=O)OCOC(=O)NCN1C(=O)C=CC1=O. The van der Waals surface area contributed by atoms with Crippen molar-refractivity contribution in [2.24, 2.45) is 0 Å². The lowest BCUT2D eigenvalue weighted by atomic mass is 10.6. The molecule has 2 N–H and O–H groups in total. The highest BCUT2D eigenvalue weighted by Crippen LogP contribution is 2.02. The Morgan fingerprint density at radius 2 is 1.04 bits per heavy atom. The minimum Gasteiger partial charge on any atom is -0.412 e. The number of hydrogen-bond donors (Lipinski definition) is 2. The van der Waals surface area contributed by atoms with Gasteiger partial charge < -0.3 is 20.1 Å². The topological polar surface area (TPSA) is 151 Å². The highest BCUT2D eigenvalue weighted by molar-refractivity contribution is 6.13. The van der Waals surface area contributed by atoms with Gasteiger partial charge >= 0.3 is 12.2 Å². The maximum atomic E-state index is 11.3. The van der Waals surface area contributed by atoms with E-state index in [0.29, 0.717) is 0 Å². The van der Waals surface area contributed by atoms with Crippen molar-refractivity contribution in [2.75, 3.05) is 20.1 Å². The van der Waals surface area contributed by atoms with Crippen molar-refractivity contribution in [1.82, 2.24) is 20.4 Å². The minimum atomic E-state index is -1.03. The molecule has 2 aliphatic heterocycles. The number of rotatable bonds is 6. The van der Waals surface area contributed by atoms with E-state index in [0.717, 1.165) is 34.1 Å². The number of imide groups is 2. The Kier molecular flexibility index (Phi) is 5.45. The Morgan fingerprint density at radius 3 is 1.36 bits per heavy atom. The maximum Gasteiger partial charge on any atom is 0.411 e. The summed E-state index contributed by atoms with van der Waals surface area (Å²) in [7, 11) is 0. The second-order valence-electron chi connectivity index (χ2n) is 4.53. The molecule has 0 saturated carbocycles. The molecule has 0 aromatic rings. The zero-order valence-corrected chi connectivity index (χ0v) is 12.6. The molecule has 0 spiro atoms. The number of alkyl carbamates (subject to hydrolysis) is 2. The van der Waals surface area contributed by atoms with Gasteiger partial charge in [0.05, 0.1) is 0 Å². The van der Waals surface area contributed by atoms with Crippen molar-refractivity contribution < 1.29 is 38.2 Å². The first-order valence-corrected chi connectivity index (χ1v) is 6.77. The van der Waals surface area contributed by atoms with Crippen LogP contribution in [0.25, 0.3) is 0 Å². The predicted molar refractivity (Wildman–Crippen MR) is 75.8 cm³/mol. The van der Waals surface area contributed by atoms with Gasteiger partial charge in [0.25, 0.3) is 23.6 Å². The summed E-state index contributed by atoms with van der Waals surface area (Å²) in [6, 6.07) is 0. The molecule has 0 aromatic carbocycles. The Balaban J connectivity index is 1.58. The molecule has 2 aliphatic rings. The molecule has 0 saturated heterocycles. The largest absolute Gasteiger partial charge is 0.412 e. The van der Waals surface area contributed by atoms with Crippen LogP contribution >= 0.6 is 0 Å². The van der Waals surface area contributed by atoms with Gasteiger partial charge in [-0.15, -0.1) is 0 Å². The minimum absolute atomic E-state index is 0.401. The maximum absolute atomic E-state index is 11.3. The molecular weight excluding hydrogens is 340 g/mol. The number of hydrogen-bond acceptors (Lipinski definition) is 8. The summed E-state index contributed by atoms with van der Waals surface area (Å²) in [6.45, 7) is -1.57. The van der Waals surface area contributed by atoms with Crippen molar-refractivity contribution in [3.8, 4) is 0 Å². The van der Waals surface area contributed by atoms with Crippen molar-refractivity contribution >= 4 is 35.8 Å². The normalized spacial score (nSPS) is 15.8. The molecular formula is C13H12N4O8. The molecule has 0 fully saturated rings. The Bertz CT molecular complexity index is 604. The lowest BCUT2D eigenvalue weighted by Gasteiger charge is -2.15. The van der Waals surface area contributed by atoms with Crippen LogP contribution in [-0.4, -0.2) is 65.7 Å². The number of amides is 6. The summed E-state index contributed by atoms with van der Waals surface area (Å²) in [6.07, 6.45) is 2.13. The molecule has 132 valence electrons. The summed E-state index contributed by atoms with van der Waals surface area (Å²) in [5.74, 6) is -2.33. The standard InChI is InChI=1S/C13H12N4O8/c18-8-1-2-9(19)16(8)5-14-12(22)24-7-25-13(23)15-6-17-10(20)3-4-11(17)21/h1-4H,5-7H2,(H,14,22)(H,15,23). The monoisotopic (exact) mass is 352 g/mol. The van der Waals surface area contributed by atoms with Crippen LogP contribution in [0.5, 0.6) is 0 Å². The van der Waals surface area contributed by atoms with Gasteiger partial charge in [-0.3, -0.25) is 29.0 Å². The summed E-state index contributed by atoms with van der Waals surface area (Å²) >= 11 is 0. The van der Waals surface area contributed by atoms with Crippen molar-refractivity contribution in [3.63, 3.8) is 0 Å². The smallest absolute Gasteiger partial charge is 0.411 e. The molecule has 0 atom stereocenters. The lowest BCUT2D eigenvalue weighted by Crippen LogP contribution is -2.42. The first kappa shape index (κ1) is 17.7. The number of carbonyl (C=O) groups excluding carboxylic acids is 6. The number of nitrogens with one attached hydrogen (secondary N) is 2. The van der Waals surface area contributed by atoms with Crippen LogP contribution in [0.1, 0.15) is 0 Å². The van der Waals surface area contributed by atoms with E-state index < -0.39 is 55.9 Å². The molecule has 12 heteroatoms. The van der Waals surface area contributed by atoms with E-state index in [1.54, 1.807) is 0 Å². The fraction of sp³-hybridized carbons (Fsp3) is 0.231. The molecule has 0 unspecified atom stereocenters. The van der Waals surface area contributed by atoms with Gasteiger partial charge in [0, 0.05) is 24.3 Å². The number of nitrogens with zero attached hydrogens (tertiary/aromatic N) is 2. The average molecular weight is 352 g/mol. The van der Waals surface area contributed by atoms with E-state index in [4.69, 9.17) is 0 Å². The van der Waals surface area contributed by atoms with Gasteiger partial charge in [0.2, 0.25) is 6.79 Å². The average Bonchev–Trinajstić information content (AvgIpc) is 3.06. The molecule has 12 nitrogen and oxygen atoms in total. The van der Waals surface area contributed by atoms with Gasteiger partial charge in [0.15, 0.2) is 0 Å². The van der Waals surface area contributed by atoms with E-state index >= 15 is 0 Å². The van der Waals surface area contributed by atoms with E-state index in [2.05, 4.69) is 20.1 Å². The van der Waals surface area contributed by atoms with Gasteiger partial charge in [0.1, 0.15) is 13.3 Å². The van der Waals surface area contributed by atoms with Crippen LogP contribution in [-0.2, 0) is 28.7 Å². The van der Waals surface area contributed by atoms with Crippen molar-refractivity contribution in [3.05, 3.63) is 24.3 Å². The van der Waals surface area contributed by atoms with E-state index in [9.17, 15) is 28.8 Å². The highest BCUT2D eigenvalue weighted by Gasteiger charge is 2.24. The fourth-order valence-corrected chi connectivity index (χ4v) is 1.70. The van der Waals surface area contributed by atoms with E-state index in [1.807, 2.05) is 0 Å². The number of ether oxygens (including phenoxy) is 2. The molecule has 0 bridgehead atoms. The van der Waals surface area contributed by atoms with Gasteiger partial charge in [-0.1, -0.05) is 0 Å². The second-order valence-corrected chi connectivity index (χ2v) is 4.53. The van der Waals surface area contributed by atoms with Crippen LogP contribution in [0.15, 0.2) is 24.3 Å². The molecule has 0 radical (unpaired) electrons. The Labute approximate surface area is 140 Å². The molecule has 0 aromatic heterocycles. The summed E-state index contributed by atoms with van der Waals surface area (Å²) in [4.78, 5) is 69.0. The third-order valence-corrected chi connectivity index (χ3v) is 2.94. The van der Waals surface area contributed by atoms with Crippen LogP contribution in [0, 0.1) is 0 Å². The van der Waals surface area contributed by atoms with Crippen molar-refractivity contribution in [1.29, 1.82) is 0 Å². The van der Waals surface area contributed by atoms with Gasteiger partial charge in [-0.25, -0.2) is 9.59 Å². The third kappa shape index (κ3) is 4.63. The van der Waals surface area contributed by atoms with Crippen LogP contribution in [0.4, 0.5) is 9.59 Å². The molecule has 25 heavy (non-hydrogen) atoms. The quantitative estimate of drug-likeness (QED) is 0.418. The van der Waals surface area contributed by atoms with Crippen LogP contribution in [0.3, 0.4) is 0 Å². The molecule has 2 heterocycles. The predicted octanol–water partition coefficient (Wildman–Crippen LogP) is -1.84. The van der Waals surface area contributed by atoms with Crippen LogP contribution < -0.4 is 10.6 Å². The lowest BCUT2D eigenvalue weighted by molar-refractivity contribution is -0.138. The zero-order chi connectivity index (χ0) is 18.4. The second kappa shape index (κ2) is 7.72. The summed E-state index contributed by atoms with van der Waals surface area (Å²) in [5, 5.41) is 4.23. The highest BCUT2D eigenvalue weighted by atomic mass is 16.7. The van der Waals surface area contributed by atoms with E-state index in [-0.39, 0.29) is 0 Å². The Hall–Kier alpha value is -3.70. The molecule has 0 aliphatic carbocycles. The van der Waals surface area contributed by atoms with Gasteiger partial charge in [-0.2, -0.15) is 0 Å². The Morgan fingerprint density at radius 1 is 0.720 bits per heavy atom.